The molecule has 0 aliphatic carbocycles. The first-order valence-electron chi connectivity index (χ1n) is 7.97. The Balaban J connectivity index is 1.53. The normalized spacial score (nSPS) is 37.6. The number of rotatable bonds is 2. The van der Waals surface area contributed by atoms with Crippen molar-refractivity contribution >= 4 is 26.5 Å². The summed E-state index contributed by atoms with van der Waals surface area (Å²) in [6.45, 7) is 0. The van der Waals surface area contributed by atoms with E-state index in [4.69, 9.17) is 0 Å². The highest BCUT2D eigenvalue weighted by molar-refractivity contribution is 7.74. The molecule has 2 unspecified atom stereocenters. The molecule has 2 aromatic rings. The highest BCUT2D eigenvalue weighted by Gasteiger charge is 2.55. The van der Waals surface area contributed by atoms with E-state index in [1.165, 1.54) is 0 Å². The summed E-state index contributed by atoms with van der Waals surface area (Å²) in [5.74, 6) is 3.33. The number of allylic oxidation sites excluding steroid dienone is 3. The Morgan fingerprint density at radius 3 is 2.00 bits per heavy atom. The first kappa shape index (κ1) is 13.2. The number of hydrogen-bond donors (Lipinski definition) is 0. The van der Waals surface area contributed by atoms with Crippen molar-refractivity contribution in [1.82, 2.24) is 0 Å². The van der Waals surface area contributed by atoms with Gasteiger partial charge in [0, 0.05) is 17.0 Å². The summed E-state index contributed by atoms with van der Waals surface area (Å²) >= 11 is 0. The third-order valence-corrected chi connectivity index (χ3v) is 11.3. The standard InChI is InChI=1S/C20H18P2/c1-3-7-15(8-4-1)21-14-13-17-18-11-12-19(20(17)21)22(18)16-9-5-2-6-10-16/h1-14,17-20H/t17-,18+,19-,20-,21?,22?/m0/s1. The number of benzene rings is 2. The van der Waals surface area contributed by atoms with Crippen LogP contribution in [0, 0.1) is 5.92 Å². The Labute approximate surface area is 134 Å². The molecule has 5 rings (SSSR count). The molecule has 2 aromatic carbocycles. The van der Waals surface area contributed by atoms with Gasteiger partial charge in [-0.05, 0) is 24.4 Å². The van der Waals surface area contributed by atoms with Crippen molar-refractivity contribution in [2.45, 2.75) is 17.0 Å². The van der Waals surface area contributed by atoms with Gasteiger partial charge in [-0.15, -0.1) is 0 Å². The second-order valence-electron chi connectivity index (χ2n) is 6.26. The third kappa shape index (κ3) is 1.84. The molecule has 0 amide bonds. The van der Waals surface area contributed by atoms with Crippen LogP contribution >= 0.6 is 15.8 Å². The summed E-state index contributed by atoms with van der Waals surface area (Å²) < 4.78 is 0. The van der Waals surface area contributed by atoms with Crippen LogP contribution in [0.25, 0.3) is 0 Å². The molecule has 2 heteroatoms. The quantitative estimate of drug-likeness (QED) is 0.567. The average Bonchev–Trinajstić information content (AvgIpc) is 3.27. The minimum atomic E-state index is -0.128. The Bertz CT molecular complexity index is 735. The van der Waals surface area contributed by atoms with Gasteiger partial charge in [-0.3, -0.25) is 0 Å². The zero-order valence-corrected chi connectivity index (χ0v) is 14.1. The molecule has 1 fully saturated rings. The molecule has 3 heterocycles. The molecule has 0 aromatic heterocycles. The van der Waals surface area contributed by atoms with E-state index in [9.17, 15) is 0 Å². The second-order valence-corrected chi connectivity index (χ2v) is 11.0. The fraction of sp³-hybridized carbons (Fsp3) is 0.200. The van der Waals surface area contributed by atoms with Crippen molar-refractivity contribution in [3.63, 3.8) is 0 Å². The first-order valence-corrected chi connectivity index (χ1v) is 10.9. The molecule has 0 saturated carbocycles. The second kappa shape index (κ2) is 5.16. The van der Waals surface area contributed by atoms with Gasteiger partial charge in [0.05, 0.1) is 0 Å². The maximum Gasteiger partial charge on any atom is 0.00957 e. The zero-order chi connectivity index (χ0) is 14.5. The van der Waals surface area contributed by atoms with Gasteiger partial charge in [-0.2, -0.15) is 0 Å². The van der Waals surface area contributed by atoms with Crippen LogP contribution < -0.4 is 10.6 Å². The summed E-state index contributed by atoms with van der Waals surface area (Å²) in [5, 5.41) is 3.16. The Hall–Kier alpha value is -1.22. The molecule has 6 atom stereocenters. The molecule has 108 valence electrons. The molecule has 0 spiro atoms. The molecule has 0 radical (unpaired) electrons. The van der Waals surface area contributed by atoms with Crippen LogP contribution in [0.3, 0.4) is 0 Å². The van der Waals surface area contributed by atoms with E-state index in [1.54, 1.807) is 10.6 Å². The molecular formula is C20H18P2. The van der Waals surface area contributed by atoms with Gasteiger partial charge >= 0.3 is 0 Å². The van der Waals surface area contributed by atoms with Crippen molar-refractivity contribution in [3.05, 3.63) is 84.7 Å². The maximum atomic E-state index is 2.55. The van der Waals surface area contributed by atoms with Gasteiger partial charge in [0.15, 0.2) is 0 Å². The van der Waals surface area contributed by atoms with E-state index in [1.807, 2.05) is 0 Å². The van der Waals surface area contributed by atoms with Gasteiger partial charge in [0.25, 0.3) is 0 Å². The van der Waals surface area contributed by atoms with Crippen LogP contribution in [-0.4, -0.2) is 17.0 Å². The van der Waals surface area contributed by atoms with E-state index in [0.717, 1.165) is 22.9 Å². The lowest BCUT2D eigenvalue weighted by atomic mass is 9.94. The third-order valence-electron chi connectivity index (χ3n) is 5.19. The van der Waals surface area contributed by atoms with Crippen LogP contribution in [-0.2, 0) is 0 Å². The summed E-state index contributed by atoms with van der Waals surface area (Å²) in [5.41, 5.74) is 2.41. The molecule has 22 heavy (non-hydrogen) atoms. The molecule has 2 bridgehead atoms. The van der Waals surface area contributed by atoms with E-state index in [-0.39, 0.29) is 15.8 Å². The monoisotopic (exact) mass is 320 g/mol. The van der Waals surface area contributed by atoms with Crippen molar-refractivity contribution < 1.29 is 0 Å². The Morgan fingerprint density at radius 2 is 1.27 bits per heavy atom. The summed E-state index contributed by atoms with van der Waals surface area (Å²) in [6.07, 6.45) is 7.63. The van der Waals surface area contributed by atoms with Gasteiger partial charge in [-0.1, -0.05) is 92.6 Å². The predicted molar refractivity (Wildman–Crippen MR) is 99.1 cm³/mol. The van der Waals surface area contributed by atoms with Gasteiger partial charge in [0.1, 0.15) is 0 Å². The highest BCUT2D eigenvalue weighted by atomic mass is 31.1. The van der Waals surface area contributed by atoms with E-state index >= 15 is 0 Å². The lowest BCUT2D eigenvalue weighted by Crippen LogP contribution is -2.25. The summed E-state index contributed by atoms with van der Waals surface area (Å²) in [4.78, 5) is 0. The predicted octanol–water partition coefficient (Wildman–Crippen LogP) is 4.43. The van der Waals surface area contributed by atoms with Crippen molar-refractivity contribution in [2.75, 3.05) is 0 Å². The van der Waals surface area contributed by atoms with Crippen LogP contribution in [0.1, 0.15) is 0 Å². The van der Waals surface area contributed by atoms with E-state index in [0.29, 0.717) is 0 Å². The summed E-state index contributed by atoms with van der Waals surface area (Å²) in [6, 6.07) is 22.5. The van der Waals surface area contributed by atoms with Gasteiger partial charge in [0.2, 0.25) is 0 Å². The molecule has 1 saturated heterocycles. The number of hydrogen-bond acceptors (Lipinski definition) is 0. The van der Waals surface area contributed by atoms with E-state index < -0.39 is 0 Å². The minimum absolute atomic E-state index is 0.0479. The molecule has 0 N–H and O–H groups in total. The zero-order valence-electron chi connectivity index (χ0n) is 12.3. The topological polar surface area (TPSA) is 0 Å². The first-order chi connectivity index (χ1) is 10.9. The van der Waals surface area contributed by atoms with Gasteiger partial charge < -0.3 is 0 Å². The van der Waals surface area contributed by atoms with Crippen LogP contribution in [0.15, 0.2) is 84.7 Å². The Morgan fingerprint density at radius 1 is 0.636 bits per heavy atom. The van der Waals surface area contributed by atoms with Crippen LogP contribution in [0.4, 0.5) is 0 Å². The lowest BCUT2D eigenvalue weighted by Gasteiger charge is -2.27. The largest absolute Gasteiger partial charge is 0.0795 e. The molecule has 3 aliphatic heterocycles. The smallest absolute Gasteiger partial charge is 0.00957 e. The van der Waals surface area contributed by atoms with Crippen molar-refractivity contribution in [2.24, 2.45) is 5.92 Å². The minimum Gasteiger partial charge on any atom is -0.0795 e. The lowest BCUT2D eigenvalue weighted by molar-refractivity contribution is 0.665. The molecule has 3 aliphatic rings. The summed E-state index contributed by atoms with van der Waals surface area (Å²) in [7, 11) is -0.176. The molecule has 0 nitrogen and oxygen atoms in total. The maximum absolute atomic E-state index is 2.55. The van der Waals surface area contributed by atoms with Gasteiger partial charge in [-0.25, -0.2) is 0 Å². The fourth-order valence-corrected chi connectivity index (χ4v) is 11.4. The fourth-order valence-electron chi connectivity index (χ4n) is 4.31. The molecular weight excluding hydrogens is 302 g/mol. The highest BCUT2D eigenvalue weighted by Crippen LogP contribution is 2.72. The van der Waals surface area contributed by atoms with E-state index in [2.05, 4.69) is 84.7 Å². The average molecular weight is 320 g/mol. The van der Waals surface area contributed by atoms with Crippen LogP contribution in [0.2, 0.25) is 0 Å². The number of fused-ring (bicyclic) bond motifs is 5. The van der Waals surface area contributed by atoms with Crippen molar-refractivity contribution in [1.29, 1.82) is 0 Å². The Kier molecular flexibility index (Phi) is 3.10. The van der Waals surface area contributed by atoms with Crippen molar-refractivity contribution in [3.8, 4) is 0 Å². The SMILES string of the molecule is C1=CP(c2ccccc2)[C@H]2[C@@H]1[C@H]1C=C[C@@H]2P1c1ccccc1. The van der Waals surface area contributed by atoms with Crippen LogP contribution in [0.5, 0.6) is 0 Å².